The molecule has 3 nitrogen and oxygen atoms in total. The molecule has 0 bridgehead atoms. The number of sulfone groups is 1. The van der Waals surface area contributed by atoms with E-state index < -0.39 is 9.84 Å². The first-order chi connectivity index (χ1) is 9.49. The van der Waals surface area contributed by atoms with Crippen molar-refractivity contribution in [2.45, 2.75) is 19.4 Å². The summed E-state index contributed by atoms with van der Waals surface area (Å²) in [6.07, 6.45) is 2.27. The maximum atomic E-state index is 11.6. The van der Waals surface area contributed by atoms with E-state index in [0.717, 1.165) is 23.9 Å². The molecule has 1 N–H and O–H groups in total. The monoisotopic (exact) mass is 291 g/mol. The molecule has 1 atom stereocenters. The third-order valence-corrected chi connectivity index (χ3v) is 4.22. The fraction of sp³-hybridized carbons (Fsp3) is 0.375. The second-order valence-corrected chi connectivity index (χ2v) is 7.39. The summed E-state index contributed by atoms with van der Waals surface area (Å²) in [7, 11) is -3.02. The first-order valence-electron chi connectivity index (χ1n) is 6.89. The van der Waals surface area contributed by atoms with Crippen LogP contribution in [0.15, 0.2) is 42.5 Å². The standard InChI is InChI=1S/C16H21NO2S/c1-3-10-17-16(12-20(2,18)19)15-9-8-13-6-4-5-7-14(13)11-15/h4-9,11,16-17H,3,10,12H2,1-2H3. The van der Waals surface area contributed by atoms with Crippen molar-refractivity contribution >= 4 is 20.6 Å². The lowest BCUT2D eigenvalue weighted by molar-refractivity contribution is 0.549. The Morgan fingerprint density at radius 1 is 1.10 bits per heavy atom. The number of fused-ring (bicyclic) bond motifs is 1. The number of hydrogen-bond donors (Lipinski definition) is 1. The summed E-state index contributed by atoms with van der Waals surface area (Å²) in [4.78, 5) is 0. The van der Waals surface area contributed by atoms with Gasteiger partial charge in [-0.25, -0.2) is 8.42 Å². The molecule has 2 aromatic carbocycles. The van der Waals surface area contributed by atoms with Crippen LogP contribution in [-0.2, 0) is 9.84 Å². The number of nitrogens with one attached hydrogen (secondary N) is 1. The minimum atomic E-state index is -3.02. The molecule has 2 aromatic rings. The molecule has 20 heavy (non-hydrogen) atoms. The van der Waals surface area contributed by atoms with Gasteiger partial charge in [0.25, 0.3) is 0 Å². The first-order valence-corrected chi connectivity index (χ1v) is 8.95. The molecule has 0 radical (unpaired) electrons. The minimum absolute atomic E-state index is 0.130. The second-order valence-electron chi connectivity index (χ2n) is 5.21. The quantitative estimate of drug-likeness (QED) is 0.890. The Bertz CT molecular complexity index is 680. The van der Waals surface area contributed by atoms with Gasteiger partial charge in [-0.1, -0.05) is 43.3 Å². The number of rotatable bonds is 6. The Balaban J connectivity index is 2.34. The molecule has 0 amide bonds. The van der Waals surface area contributed by atoms with E-state index in [1.54, 1.807) is 0 Å². The second kappa shape index (κ2) is 6.37. The fourth-order valence-corrected chi connectivity index (χ4v) is 3.23. The third-order valence-electron chi connectivity index (χ3n) is 3.29. The van der Waals surface area contributed by atoms with Crippen LogP contribution in [0.5, 0.6) is 0 Å². The number of benzene rings is 2. The molecule has 0 saturated heterocycles. The highest BCUT2D eigenvalue weighted by Gasteiger charge is 2.16. The Labute approximate surface area is 120 Å². The molecule has 4 heteroatoms. The lowest BCUT2D eigenvalue weighted by atomic mass is 10.0. The van der Waals surface area contributed by atoms with E-state index in [1.165, 1.54) is 11.6 Å². The zero-order valence-corrected chi connectivity index (χ0v) is 12.8. The molecule has 0 saturated carbocycles. The van der Waals surface area contributed by atoms with Crippen molar-refractivity contribution < 1.29 is 8.42 Å². The van der Waals surface area contributed by atoms with Gasteiger partial charge in [0.15, 0.2) is 0 Å². The molecule has 0 fully saturated rings. The highest BCUT2D eigenvalue weighted by atomic mass is 32.2. The smallest absolute Gasteiger partial charge is 0.149 e. The summed E-state index contributed by atoms with van der Waals surface area (Å²) in [5, 5.41) is 5.64. The first kappa shape index (κ1) is 15.0. The summed E-state index contributed by atoms with van der Waals surface area (Å²) >= 11 is 0. The van der Waals surface area contributed by atoms with E-state index in [0.29, 0.717) is 0 Å². The van der Waals surface area contributed by atoms with Crippen LogP contribution in [0.4, 0.5) is 0 Å². The summed E-state index contributed by atoms with van der Waals surface area (Å²) in [5.41, 5.74) is 1.03. The maximum absolute atomic E-state index is 11.6. The van der Waals surface area contributed by atoms with Crippen molar-refractivity contribution in [2.24, 2.45) is 0 Å². The van der Waals surface area contributed by atoms with Crippen LogP contribution in [0, 0.1) is 0 Å². The highest BCUT2D eigenvalue weighted by Crippen LogP contribution is 2.21. The SMILES string of the molecule is CCCNC(CS(C)(=O)=O)c1ccc2ccccc2c1. The average Bonchev–Trinajstić information content (AvgIpc) is 2.41. The van der Waals surface area contributed by atoms with Crippen LogP contribution in [0.25, 0.3) is 10.8 Å². The average molecular weight is 291 g/mol. The van der Waals surface area contributed by atoms with Crippen LogP contribution in [0.3, 0.4) is 0 Å². The van der Waals surface area contributed by atoms with Crippen molar-refractivity contribution in [3.63, 3.8) is 0 Å². The summed E-state index contributed by atoms with van der Waals surface area (Å²) in [6, 6.07) is 14.1. The molecule has 0 heterocycles. The van der Waals surface area contributed by atoms with E-state index in [-0.39, 0.29) is 11.8 Å². The normalized spacial score (nSPS) is 13.5. The largest absolute Gasteiger partial charge is 0.309 e. The van der Waals surface area contributed by atoms with Gasteiger partial charge in [0, 0.05) is 12.3 Å². The molecule has 108 valence electrons. The molecule has 0 aliphatic rings. The predicted molar refractivity (Wildman–Crippen MR) is 84.7 cm³/mol. The van der Waals surface area contributed by atoms with Gasteiger partial charge in [0.2, 0.25) is 0 Å². The van der Waals surface area contributed by atoms with Gasteiger partial charge < -0.3 is 5.32 Å². The van der Waals surface area contributed by atoms with Gasteiger partial charge >= 0.3 is 0 Å². The highest BCUT2D eigenvalue weighted by molar-refractivity contribution is 7.90. The molecule has 1 unspecified atom stereocenters. The van der Waals surface area contributed by atoms with Crippen LogP contribution in [-0.4, -0.2) is 27.0 Å². The molecular formula is C16H21NO2S. The van der Waals surface area contributed by atoms with E-state index >= 15 is 0 Å². The maximum Gasteiger partial charge on any atom is 0.149 e. The molecular weight excluding hydrogens is 270 g/mol. The van der Waals surface area contributed by atoms with Crippen LogP contribution in [0.1, 0.15) is 24.9 Å². The van der Waals surface area contributed by atoms with E-state index in [4.69, 9.17) is 0 Å². The lowest BCUT2D eigenvalue weighted by Gasteiger charge is -2.18. The molecule has 0 aromatic heterocycles. The Hall–Kier alpha value is -1.39. The van der Waals surface area contributed by atoms with Gasteiger partial charge in [-0.3, -0.25) is 0 Å². The van der Waals surface area contributed by atoms with Crippen molar-refractivity contribution in [2.75, 3.05) is 18.6 Å². The molecule has 0 aliphatic carbocycles. The Kier molecular flexibility index (Phi) is 4.78. The Morgan fingerprint density at radius 2 is 1.80 bits per heavy atom. The van der Waals surface area contributed by atoms with E-state index in [9.17, 15) is 8.42 Å². The topological polar surface area (TPSA) is 46.2 Å². The summed E-state index contributed by atoms with van der Waals surface area (Å²) in [6.45, 7) is 2.89. The van der Waals surface area contributed by atoms with E-state index in [1.807, 2.05) is 24.3 Å². The van der Waals surface area contributed by atoms with Crippen molar-refractivity contribution in [1.29, 1.82) is 0 Å². The third kappa shape index (κ3) is 4.05. The zero-order valence-electron chi connectivity index (χ0n) is 12.0. The van der Waals surface area contributed by atoms with Gasteiger partial charge in [-0.05, 0) is 35.4 Å². The summed E-state index contributed by atoms with van der Waals surface area (Å²) < 4.78 is 23.2. The zero-order chi connectivity index (χ0) is 14.6. The molecule has 2 rings (SSSR count). The minimum Gasteiger partial charge on any atom is -0.309 e. The molecule has 0 spiro atoms. The van der Waals surface area contributed by atoms with Crippen LogP contribution >= 0.6 is 0 Å². The van der Waals surface area contributed by atoms with Crippen molar-refractivity contribution in [3.05, 3.63) is 48.0 Å². The van der Waals surface area contributed by atoms with E-state index in [2.05, 4.69) is 30.4 Å². The lowest BCUT2D eigenvalue weighted by Crippen LogP contribution is -2.28. The van der Waals surface area contributed by atoms with Gasteiger partial charge in [-0.15, -0.1) is 0 Å². The van der Waals surface area contributed by atoms with Crippen molar-refractivity contribution in [1.82, 2.24) is 5.32 Å². The van der Waals surface area contributed by atoms with Crippen molar-refractivity contribution in [3.8, 4) is 0 Å². The van der Waals surface area contributed by atoms with Gasteiger partial charge in [-0.2, -0.15) is 0 Å². The van der Waals surface area contributed by atoms with Gasteiger partial charge in [0.1, 0.15) is 9.84 Å². The fourth-order valence-electron chi connectivity index (χ4n) is 2.32. The predicted octanol–water partition coefficient (Wildman–Crippen LogP) is 2.93. The Morgan fingerprint density at radius 3 is 2.45 bits per heavy atom. The summed E-state index contributed by atoms with van der Waals surface area (Å²) in [5.74, 6) is 0.130. The van der Waals surface area contributed by atoms with Crippen LogP contribution in [0.2, 0.25) is 0 Å². The van der Waals surface area contributed by atoms with Gasteiger partial charge in [0.05, 0.1) is 5.75 Å². The molecule has 0 aliphatic heterocycles. The number of hydrogen-bond acceptors (Lipinski definition) is 3. The van der Waals surface area contributed by atoms with Crippen LogP contribution < -0.4 is 5.32 Å².